The van der Waals surface area contributed by atoms with Gasteiger partial charge in [0.1, 0.15) is 18.1 Å². The highest BCUT2D eigenvalue weighted by molar-refractivity contribution is 5.11. The van der Waals surface area contributed by atoms with E-state index in [0.717, 1.165) is 18.1 Å². The van der Waals surface area contributed by atoms with Gasteiger partial charge in [0, 0.05) is 13.2 Å². The van der Waals surface area contributed by atoms with E-state index < -0.39 is 0 Å². The largest absolute Gasteiger partial charge is 0.462 e. The molecular weight excluding hydrogens is 194 g/mol. The third kappa shape index (κ3) is 2.59. The highest BCUT2D eigenvalue weighted by Gasteiger charge is 2.22. The summed E-state index contributed by atoms with van der Waals surface area (Å²) in [5.41, 5.74) is 0. The second kappa shape index (κ2) is 4.79. The van der Waals surface area contributed by atoms with Gasteiger partial charge in [-0.1, -0.05) is 0 Å². The van der Waals surface area contributed by atoms with E-state index >= 15 is 0 Å². The van der Waals surface area contributed by atoms with Gasteiger partial charge >= 0.3 is 0 Å². The molecule has 4 nitrogen and oxygen atoms in total. The topological polar surface area (TPSA) is 43.6 Å². The van der Waals surface area contributed by atoms with Gasteiger partial charge in [0.25, 0.3) is 0 Å². The number of ether oxygens (including phenoxy) is 2. The summed E-state index contributed by atoms with van der Waals surface area (Å²) in [4.78, 5) is 0. The zero-order valence-electron chi connectivity index (χ0n) is 9.16. The van der Waals surface area contributed by atoms with Crippen LogP contribution in [-0.2, 0) is 16.1 Å². The van der Waals surface area contributed by atoms with Gasteiger partial charge in [-0.05, 0) is 19.1 Å². The van der Waals surface area contributed by atoms with Gasteiger partial charge in [0.15, 0.2) is 0 Å². The molecule has 0 radical (unpaired) electrons. The highest BCUT2D eigenvalue weighted by atomic mass is 16.5. The minimum Gasteiger partial charge on any atom is -0.462 e. The van der Waals surface area contributed by atoms with Crippen molar-refractivity contribution in [3.63, 3.8) is 0 Å². The SMILES string of the molecule is COCc1ccc(C2COCC(C)N2)o1. The molecular formula is C11H17NO3. The molecule has 0 spiro atoms. The molecule has 2 rings (SSSR count). The first kappa shape index (κ1) is 10.7. The molecule has 0 amide bonds. The minimum atomic E-state index is 0.166. The van der Waals surface area contributed by atoms with Crippen molar-refractivity contribution in [2.24, 2.45) is 0 Å². The lowest BCUT2D eigenvalue weighted by molar-refractivity contribution is 0.0428. The van der Waals surface area contributed by atoms with Gasteiger partial charge in [0.2, 0.25) is 0 Å². The lowest BCUT2D eigenvalue weighted by Gasteiger charge is -2.27. The van der Waals surface area contributed by atoms with Crippen LogP contribution in [0.5, 0.6) is 0 Å². The predicted octanol–water partition coefficient (Wildman–Crippen LogP) is 1.48. The maximum Gasteiger partial charge on any atom is 0.129 e. The summed E-state index contributed by atoms with van der Waals surface area (Å²) < 4.78 is 16.1. The first-order valence-corrected chi connectivity index (χ1v) is 5.21. The summed E-state index contributed by atoms with van der Waals surface area (Å²) >= 11 is 0. The molecule has 1 aromatic rings. The maximum absolute atomic E-state index is 5.64. The predicted molar refractivity (Wildman–Crippen MR) is 55.6 cm³/mol. The minimum absolute atomic E-state index is 0.166. The van der Waals surface area contributed by atoms with Crippen LogP contribution in [0.2, 0.25) is 0 Å². The molecule has 0 aromatic carbocycles. The van der Waals surface area contributed by atoms with E-state index in [9.17, 15) is 0 Å². The average molecular weight is 211 g/mol. The Hall–Kier alpha value is -0.840. The van der Waals surface area contributed by atoms with Crippen LogP contribution in [-0.4, -0.2) is 26.4 Å². The summed E-state index contributed by atoms with van der Waals surface area (Å²) in [5, 5.41) is 3.43. The maximum atomic E-state index is 5.64. The Bertz CT molecular complexity index is 311. The third-order valence-corrected chi connectivity index (χ3v) is 2.45. The van der Waals surface area contributed by atoms with Gasteiger partial charge in [0.05, 0.1) is 19.3 Å². The molecule has 15 heavy (non-hydrogen) atoms. The molecule has 1 N–H and O–H groups in total. The smallest absolute Gasteiger partial charge is 0.129 e. The number of hydrogen-bond acceptors (Lipinski definition) is 4. The van der Waals surface area contributed by atoms with E-state index in [0.29, 0.717) is 19.3 Å². The van der Waals surface area contributed by atoms with Crippen molar-refractivity contribution in [3.05, 3.63) is 23.7 Å². The number of hydrogen-bond donors (Lipinski definition) is 1. The fourth-order valence-corrected chi connectivity index (χ4v) is 1.77. The molecule has 1 saturated heterocycles. The normalized spacial score (nSPS) is 26.8. The summed E-state index contributed by atoms with van der Waals surface area (Å²) in [6.07, 6.45) is 0. The van der Waals surface area contributed by atoms with Crippen LogP contribution < -0.4 is 5.32 Å². The zero-order chi connectivity index (χ0) is 10.7. The van der Waals surface area contributed by atoms with Crippen LogP contribution in [0.15, 0.2) is 16.5 Å². The Morgan fingerprint density at radius 3 is 3.07 bits per heavy atom. The third-order valence-electron chi connectivity index (χ3n) is 2.45. The van der Waals surface area contributed by atoms with Gasteiger partial charge < -0.3 is 19.2 Å². The van der Waals surface area contributed by atoms with Crippen molar-refractivity contribution < 1.29 is 13.9 Å². The standard InChI is InChI=1S/C11H17NO3/c1-8-5-14-7-10(12-8)11-4-3-9(15-11)6-13-2/h3-4,8,10,12H,5-7H2,1-2H3. The van der Waals surface area contributed by atoms with E-state index in [1.54, 1.807) is 7.11 Å². The van der Waals surface area contributed by atoms with Crippen molar-refractivity contribution in [1.29, 1.82) is 0 Å². The molecule has 4 heteroatoms. The molecule has 2 atom stereocenters. The molecule has 1 aliphatic rings. The van der Waals surface area contributed by atoms with Gasteiger partial charge in [-0.3, -0.25) is 0 Å². The zero-order valence-corrected chi connectivity index (χ0v) is 9.16. The highest BCUT2D eigenvalue weighted by Crippen LogP contribution is 2.20. The molecule has 0 bridgehead atoms. The van der Waals surface area contributed by atoms with Crippen LogP contribution in [0.1, 0.15) is 24.5 Å². The van der Waals surface area contributed by atoms with E-state index in [-0.39, 0.29) is 6.04 Å². The lowest BCUT2D eigenvalue weighted by Crippen LogP contribution is -2.41. The number of nitrogens with one attached hydrogen (secondary N) is 1. The molecule has 1 fully saturated rings. The second-order valence-electron chi connectivity index (χ2n) is 3.89. The fourth-order valence-electron chi connectivity index (χ4n) is 1.77. The monoisotopic (exact) mass is 211 g/mol. The molecule has 84 valence electrons. The number of morpholine rings is 1. The summed E-state index contributed by atoms with van der Waals surface area (Å²) in [7, 11) is 1.66. The van der Waals surface area contributed by atoms with Crippen LogP contribution in [0.3, 0.4) is 0 Å². The summed E-state index contributed by atoms with van der Waals surface area (Å²) in [6.45, 7) is 4.06. The van der Waals surface area contributed by atoms with Crippen molar-refractivity contribution >= 4 is 0 Å². The number of furan rings is 1. The van der Waals surface area contributed by atoms with Gasteiger partial charge in [-0.25, -0.2) is 0 Å². The molecule has 0 saturated carbocycles. The Labute approximate surface area is 89.6 Å². The number of rotatable bonds is 3. The average Bonchev–Trinajstić information content (AvgIpc) is 2.67. The molecule has 1 aromatic heterocycles. The quantitative estimate of drug-likeness (QED) is 0.822. The summed E-state index contributed by atoms with van der Waals surface area (Å²) in [6, 6.07) is 4.46. The van der Waals surface area contributed by atoms with Crippen molar-refractivity contribution in [1.82, 2.24) is 5.32 Å². The number of methoxy groups -OCH3 is 1. The van der Waals surface area contributed by atoms with E-state index in [1.165, 1.54) is 0 Å². The summed E-state index contributed by atoms with van der Waals surface area (Å²) in [5.74, 6) is 1.78. The van der Waals surface area contributed by atoms with E-state index in [4.69, 9.17) is 13.9 Å². The van der Waals surface area contributed by atoms with Crippen molar-refractivity contribution in [2.45, 2.75) is 25.6 Å². The van der Waals surface area contributed by atoms with Gasteiger partial charge in [-0.15, -0.1) is 0 Å². The van der Waals surface area contributed by atoms with Gasteiger partial charge in [-0.2, -0.15) is 0 Å². The molecule has 2 heterocycles. The molecule has 0 aliphatic carbocycles. The van der Waals surface area contributed by atoms with Crippen LogP contribution in [0.25, 0.3) is 0 Å². The van der Waals surface area contributed by atoms with Crippen LogP contribution >= 0.6 is 0 Å². The van der Waals surface area contributed by atoms with Crippen molar-refractivity contribution in [2.75, 3.05) is 20.3 Å². The second-order valence-corrected chi connectivity index (χ2v) is 3.89. The first-order chi connectivity index (χ1) is 7.29. The first-order valence-electron chi connectivity index (χ1n) is 5.21. The van der Waals surface area contributed by atoms with E-state index in [1.807, 2.05) is 12.1 Å². The van der Waals surface area contributed by atoms with Crippen LogP contribution in [0, 0.1) is 0 Å². The Morgan fingerprint density at radius 1 is 1.47 bits per heavy atom. The Balaban J connectivity index is 2.01. The Morgan fingerprint density at radius 2 is 2.33 bits per heavy atom. The van der Waals surface area contributed by atoms with Crippen molar-refractivity contribution in [3.8, 4) is 0 Å². The van der Waals surface area contributed by atoms with Crippen LogP contribution in [0.4, 0.5) is 0 Å². The Kier molecular flexibility index (Phi) is 3.41. The fraction of sp³-hybridized carbons (Fsp3) is 0.636. The molecule has 1 aliphatic heterocycles. The lowest BCUT2D eigenvalue weighted by atomic mass is 10.2. The molecule has 2 unspecified atom stereocenters. The van der Waals surface area contributed by atoms with E-state index in [2.05, 4.69) is 12.2 Å².